The van der Waals surface area contributed by atoms with Crippen molar-refractivity contribution in [2.24, 2.45) is 5.73 Å². The van der Waals surface area contributed by atoms with Crippen molar-refractivity contribution in [2.45, 2.75) is 12.1 Å². The van der Waals surface area contributed by atoms with E-state index in [2.05, 4.69) is 15.9 Å². The average molecular weight is 244 g/mol. The number of halogens is 1. The van der Waals surface area contributed by atoms with Crippen molar-refractivity contribution < 1.29 is 9.84 Å². The van der Waals surface area contributed by atoms with Gasteiger partial charge in [-0.1, -0.05) is 12.1 Å². The van der Waals surface area contributed by atoms with Gasteiger partial charge < -0.3 is 15.6 Å². The van der Waals surface area contributed by atoms with Crippen LogP contribution in [0.1, 0.15) is 11.6 Å². The van der Waals surface area contributed by atoms with E-state index in [9.17, 15) is 5.11 Å². The van der Waals surface area contributed by atoms with E-state index in [0.717, 1.165) is 15.8 Å². The topological polar surface area (TPSA) is 55.5 Å². The third-order valence-electron chi connectivity index (χ3n) is 2.17. The maximum atomic E-state index is 9.45. The third-order valence-corrected chi connectivity index (χ3v) is 2.79. The van der Waals surface area contributed by atoms with Crippen molar-refractivity contribution in [3.63, 3.8) is 0 Å². The summed E-state index contributed by atoms with van der Waals surface area (Å²) in [6, 6.07) is 5.29. The van der Waals surface area contributed by atoms with Gasteiger partial charge in [-0.25, -0.2) is 0 Å². The summed E-state index contributed by atoms with van der Waals surface area (Å²) in [5.41, 5.74) is 6.66. The molecule has 0 aromatic heterocycles. The van der Waals surface area contributed by atoms with E-state index in [1.54, 1.807) is 0 Å². The molecule has 0 bridgehead atoms. The van der Waals surface area contributed by atoms with E-state index in [-0.39, 0.29) is 12.6 Å². The Kier molecular flexibility index (Phi) is 2.27. The molecule has 4 heteroatoms. The van der Waals surface area contributed by atoms with Crippen LogP contribution >= 0.6 is 15.9 Å². The molecule has 13 heavy (non-hydrogen) atoms. The highest BCUT2D eigenvalue weighted by molar-refractivity contribution is 9.10. The molecule has 1 aliphatic rings. The van der Waals surface area contributed by atoms with Crippen molar-refractivity contribution >= 4 is 15.9 Å². The van der Waals surface area contributed by atoms with Crippen LogP contribution in [0, 0.1) is 0 Å². The highest BCUT2D eigenvalue weighted by atomic mass is 79.9. The number of hydrogen-bond acceptors (Lipinski definition) is 3. The Balaban J connectivity index is 2.49. The minimum absolute atomic E-state index is 0.261. The molecule has 1 heterocycles. The maximum absolute atomic E-state index is 9.45. The van der Waals surface area contributed by atoms with Gasteiger partial charge in [0.15, 0.2) is 0 Å². The molecule has 3 nitrogen and oxygen atoms in total. The van der Waals surface area contributed by atoms with Gasteiger partial charge in [-0.15, -0.1) is 0 Å². The molecule has 3 N–H and O–H groups in total. The minimum Gasteiger partial charge on any atom is -0.489 e. The SMILES string of the molecule is NC1c2cccc(Br)c2OCC1O. The number of benzene rings is 1. The molecule has 2 rings (SSSR count). The lowest BCUT2D eigenvalue weighted by molar-refractivity contribution is 0.0674. The summed E-state index contributed by atoms with van der Waals surface area (Å²) in [5.74, 6) is 0.750. The number of aliphatic hydroxyl groups excluding tert-OH is 1. The lowest BCUT2D eigenvalue weighted by Gasteiger charge is -2.28. The second-order valence-electron chi connectivity index (χ2n) is 3.06. The molecule has 0 spiro atoms. The summed E-state index contributed by atoms with van der Waals surface area (Å²) in [6.45, 7) is 0.261. The van der Waals surface area contributed by atoms with Crippen molar-refractivity contribution in [3.05, 3.63) is 28.2 Å². The molecule has 2 atom stereocenters. The molecular formula is C9H10BrNO2. The molecule has 0 radical (unpaired) electrons. The normalized spacial score (nSPS) is 26.4. The van der Waals surface area contributed by atoms with Gasteiger partial charge in [0, 0.05) is 5.56 Å². The predicted octanol–water partition coefficient (Wildman–Crippen LogP) is 1.20. The van der Waals surface area contributed by atoms with E-state index in [1.807, 2.05) is 18.2 Å². The average Bonchev–Trinajstić information content (AvgIpc) is 2.12. The van der Waals surface area contributed by atoms with Crippen LogP contribution in [-0.2, 0) is 0 Å². The van der Waals surface area contributed by atoms with Gasteiger partial charge in [-0.05, 0) is 22.0 Å². The lowest BCUT2D eigenvalue weighted by atomic mass is 9.99. The molecule has 1 aromatic rings. The second kappa shape index (κ2) is 3.29. The van der Waals surface area contributed by atoms with Gasteiger partial charge in [0.2, 0.25) is 0 Å². The first-order valence-corrected chi connectivity index (χ1v) is 4.84. The largest absolute Gasteiger partial charge is 0.489 e. The number of nitrogens with two attached hydrogens (primary N) is 1. The monoisotopic (exact) mass is 243 g/mol. The predicted molar refractivity (Wildman–Crippen MR) is 52.6 cm³/mol. The fourth-order valence-corrected chi connectivity index (χ4v) is 1.92. The number of ether oxygens (including phenoxy) is 1. The zero-order valence-corrected chi connectivity index (χ0v) is 8.49. The summed E-state index contributed by atoms with van der Waals surface area (Å²) in [4.78, 5) is 0. The number of hydrogen-bond donors (Lipinski definition) is 2. The van der Waals surface area contributed by atoms with Crippen LogP contribution in [0.25, 0.3) is 0 Å². The molecular weight excluding hydrogens is 234 g/mol. The molecule has 2 unspecified atom stereocenters. The molecule has 0 aliphatic carbocycles. The van der Waals surface area contributed by atoms with E-state index < -0.39 is 6.10 Å². The summed E-state index contributed by atoms with van der Waals surface area (Å²) in [7, 11) is 0. The van der Waals surface area contributed by atoms with Crippen LogP contribution in [0.3, 0.4) is 0 Å². The highest BCUT2D eigenvalue weighted by Crippen LogP contribution is 2.36. The Morgan fingerprint density at radius 2 is 2.31 bits per heavy atom. The van der Waals surface area contributed by atoms with Gasteiger partial charge in [0.05, 0.1) is 10.5 Å². The Labute approximate surface area is 84.6 Å². The zero-order valence-electron chi connectivity index (χ0n) is 6.90. The highest BCUT2D eigenvalue weighted by Gasteiger charge is 2.27. The van der Waals surface area contributed by atoms with Gasteiger partial charge in [0.1, 0.15) is 18.5 Å². The summed E-state index contributed by atoms with van der Waals surface area (Å²) < 4.78 is 6.24. The van der Waals surface area contributed by atoms with Gasteiger partial charge in [-0.3, -0.25) is 0 Å². The molecule has 70 valence electrons. The number of para-hydroxylation sites is 1. The first-order valence-electron chi connectivity index (χ1n) is 4.05. The van der Waals surface area contributed by atoms with E-state index in [0.29, 0.717) is 0 Å². The maximum Gasteiger partial charge on any atom is 0.138 e. The Bertz CT molecular complexity index is 329. The molecule has 0 amide bonds. The second-order valence-corrected chi connectivity index (χ2v) is 3.92. The van der Waals surface area contributed by atoms with Gasteiger partial charge in [-0.2, -0.15) is 0 Å². The van der Waals surface area contributed by atoms with Crippen LogP contribution in [0.15, 0.2) is 22.7 Å². The smallest absolute Gasteiger partial charge is 0.138 e. The molecule has 0 saturated heterocycles. The summed E-state index contributed by atoms with van der Waals surface area (Å²) in [5, 5.41) is 9.45. The van der Waals surface area contributed by atoms with Crippen LogP contribution in [0.5, 0.6) is 5.75 Å². The standard InChI is InChI=1S/C9H10BrNO2/c10-6-3-1-2-5-8(11)7(12)4-13-9(5)6/h1-3,7-8,12H,4,11H2. The fourth-order valence-electron chi connectivity index (χ4n) is 1.42. The Morgan fingerprint density at radius 1 is 1.54 bits per heavy atom. The van der Waals surface area contributed by atoms with Gasteiger partial charge >= 0.3 is 0 Å². The van der Waals surface area contributed by atoms with Crippen molar-refractivity contribution in [2.75, 3.05) is 6.61 Å². The number of rotatable bonds is 0. The number of aliphatic hydroxyl groups is 1. The quantitative estimate of drug-likeness (QED) is 0.721. The summed E-state index contributed by atoms with van der Waals surface area (Å²) >= 11 is 3.37. The van der Waals surface area contributed by atoms with E-state index in [1.165, 1.54) is 0 Å². The molecule has 1 aliphatic heterocycles. The first kappa shape index (κ1) is 8.99. The van der Waals surface area contributed by atoms with E-state index >= 15 is 0 Å². The minimum atomic E-state index is -0.609. The van der Waals surface area contributed by atoms with Gasteiger partial charge in [0.25, 0.3) is 0 Å². The molecule has 0 saturated carbocycles. The summed E-state index contributed by atoms with van der Waals surface area (Å²) in [6.07, 6.45) is -0.609. The molecule has 1 aromatic carbocycles. The Morgan fingerprint density at radius 3 is 3.08 bits per heavy atom. The van der Waals surface area contributed by atoms with Crippen molar-refractivity contribution in [1.82, 2.24) is 0 Å². The lowest BCUT2D eigenvalue weighted by Crippen LogP contribution is -2.35. The van der Waals surface area contributed by atoms with Crippen LogP contribution in [0.2, 0.25) is 0 Å². The van der Waals surface area contributed by atoms with Crippen molar-refractivity contribution in [3.8, 4) is 5.75 Å². The zero-order chi connectivity index (χ0) is 9.42. The van der Waals surface area contributed by atoms with E-state index in [4.69, 9.17) is 10.5 Å². The third kappa shape index (κ3) is 1.45. The van der Waals surface area contributed by atoms with Crippen LogP contribution in [-0.4, -0.2) is 17.8 Å². The van der Waals surface area contributed by atoms with Crippen LogP contribution in [0.4, 0.5) is 0 Å². The van der Waals surface area contributed by atoms with Crippen molar-refractivity contribution in [1.29, 1.82) is 0 Å². The van der Waals surface area contributed by atoms with Crippen LogP contribution < -0.4 is 10.5 Å². The molecule has 0 fully saturated rings. The first-order chi connectivity index (χ1) is 6.20. The fraction of sp³-hybridized carbons (Fsp3) is 0.333. The Hall–Kier alpha value is -0.580. The number of fused-ring (bicyclic) bond motifs is 1.